The van der Waals surface area contributed by atoms with Crippen molar-refractivity contribution in [1.82, 2.24) is 0 Å². The molecule has 1 N–H and O–H groups in total. The van der Waals surface area contributed by atoms with Crippen LogP contribution in [0.5, 0.6) is 0 Å². The van der Waals surface area contributed by atoms with Gasteiger partial charge in [-0.15, -0.1) is 0 Å². The fourth-order valence-corrected chi connectivity index (χ4v) is 6.62. The highest BCUT2D eigenvalue weighted by Crippen LogP contribution is 2.66. The third-order valence-electron chi connectivity index (χ3n) is 7.72. The fourth-order valence-electron chi connectivity index (χ4n) is 6.62. The molecular weight excluding hydrogens is 292 g/mol. The SMILES string of the molecule is C[C@]12CC=C3C(=O)[C@H]4[C@H](O)CCC[C@]45CC[C@]3(O5)[C@@H]1CCC2=O. The minimum absolute atomic E-state index is 0.113. The molecule has 0 amide bonds. The molecule has 4 heteroatoms. The van der Waals surface area contributed by atoms with Crippen molar-refractivity contribution in [3.63, 3.8) is 0 Å². The zero-order valence-corrected chi connectivity index (χ0v) is 13.6. The van der Waals surface area contributed by atoms with Crippen molar-refractivity contribution in [3.05, 3.63) is 11.6 Å². The smallest absolute Gasteiger partial charge is 0.170 e. The first kappa shape index (κ1) is 14.4. The lowest BCUT2D eigenvalue weighted by Gasteiger charge is -2.55. The molecule has 2 heterocycles. The lowest BCUT2D eigenvalue weighted by atomic mass is 9.59. The Morgan fingerprint density at radius 3 is 2.87 bits per heavy atom. The molecule has 0 unspecified atom stereocenters. The van der Waals surface area contributed by atoms with Crippen molar-refractivity contribution >= 4 is 11.6 Å². The molecule has 2 saturated heterocycles. The van der Waals surface area contributed by atoms with E-state index in [-0.39, 0.29) is 23.0 Å². The van der Waals surface area contributed by atoms with Gasteiger partial charge < -0.3 is 9.84 Å². The second-order valence-electron chi connectivity index (χ2n) is 8.61. The van der Waals surface area contributed by atoms with E-state index in [0.29, 0.717) is 25.0 Å². The highest BCUT2D eigenvalue weighted by atomic mass is 16.5. The van der Waals surface area contributed by atoms with Gasteiger partial charge in [0, 0.05) is 23.3 Å². The Hall–Kier alpha value is -1.00. The van der Waals surface area contributed by atoms with Gasteiger partial charge in [-0.05, 0) is 44.9 Å². The number of aliphatic hydroxyl groups excluding tert-OH is 1. The van der Waals surface area contributed by atoms with Crippen molar-refractivity contribution < 1.29 is 19.4 Å². The lowest BCUT2D eigenvalue weighted by Crippen LogP contribution is -2.62. The molecule has 23 heavy (non-hydrogen) atoms. The standard InChI is InChI=1S/C19H24O4/c1-17-8-6-11-16(22)15-12(20)3-2-7-18(15)9-10-19(11,23-18)13(17)4-5-14(17)21/h6,12-13,15,20H,2-5,7-10H2,1H3/t12-,13-,15-,17+,18+,19-/m1/s1. The number of fused-ring (bicyclic) bond motifs is 1. The Kier molecular flexibility index (Phi) is 2.59. The molecule has 2 saturated carbocycles. The molecule has 5 aliphatic rings. The maximum absolute atomic E-state index is 13.2. The van der Waals surface area contributed by atoms with E-state index in [1.165, 1.54) is 0 Å². The normalized spacial score (nSPS) is 54.3. The van der Waals surface area contributed by atoms with E-state index in [9.17, 15) is 14.7 Å². The van der Waals surface area contributed by atoms with Gasteiger partial charge in [0.25, 0.3) is 0 Å². The second-order valence-corrected chi connectivity index (χ2v) is 8.61. The summed E-state index contributed by atoms with van der Waals surface area (Å²) in [5.41, 5.74) is -0.608. The Morgan fingerprint density at radius 1 is 1.22 bits per heavy atom. The number of ether oxygens (including phenoxy) is 1. The number of hydrogen-bond donors (Lipinski definition) is 1. The summed E-state index contributed by atoms with van der Waals surface area (Å²) >= 11 is 0. The maximum Gasteiger partial charge on any atom is 0.170 e. The summed E-state index contributed by atoms with van der Waals surface area (Å²) in [5.74, 6) is 0.183. The molecule has 4 nitrogen and oxygen atoms in total. The first-order valence-electron chi connectivity index (χ1n) is 9.09. The molecule has 4 fully saturated rings. The van der Waals surface area contributed by atoms with Crippen molar-refractivity contribution in [3.8, 4) is 0 Å². The Labute approximate surface area is 136 Å². The second kappa shape index (κ2) is 4.15. The minimum atomic E-state index is -0.577. The van der Waals surface area contributed by atoms with Crippen molar-refractivity contribution in [2.24, 2.45) is 17.3 Å². The monoisotopic (exact) mass is 316 g/mol. The van der Waals surface area contributed by atoms with Crippen LogP contribution in [-0.4, -0.2) is 34.0 Å². The van der Waals surface area contributed by atoms with E-state index in [1.807, 2.05) is 6.08 Å². The van der Waals surface area contributed by atoms with Crippen LogP contribution < -0.4 is 0 Å². The van der Waals surface area contributed by atoms with E-state index in [2.05, 4.69) is 6.92 Å². The third-order valence-corrected chi connectivity index (χ3v) is 7.72. The van der Waals surface area contributed by atoms with Gasteiger partial charge in [0.15, 0.2) is 5.78 Å². The van der Waals surface area contributed by atoms with Crippen molar-refractivity contribution in [1.29, 1.82) is 0 Å². The minimum Gasteiger partial charge on any atom is -0.392 e. The van der Waals surface area contributed by atoms with Crippen molar-refractivity contribution in [2.45, 2.75) is 75.6 Å². The fraction of sp³-hybridized carbons (Fsp3) is 0.789. The summed E-state index contributed by atoms with van der Waals surface area (Å²) in [6.07, 6.45) is 7.67. The number of ketones is 2. The summed E-state index contributed by atoms with van der Waals surface area (Å²) < 4.78 is 6.75. The maximum atomic E-state index is 13.2. The largest absolute Gasteiger partial charge is 0.392 e. The molecule has 0 aromatic rings. The first-order chi connectivity index (χ1) is 10.9. The third kappa shape index (κ3) is 1.46. The van der Waals surface area contributed by atoms with Gasteiger partial charge in [-0.1, -0.05) is 13.0 Å². The highest BCUT2D eigenvalue weighted by molar-refractivity contribution is 6.03. The van der Waals surface area contributed by atoms with E-state index >= 15 is 0 Å². The van der Waals surface area contributed by atoms with Crippen LogP contribution in [0.3, 0.4) is 0 Å². The molecule has 0 aromatic heterocycles. The zero-order chi connectivity index (χ0) is 16.0. The molecule has 2 spiro atoms. The predicted molar refractivity (Wildman–Crippen MR) is 82.7 cm³/mol. The van der Waals surface area contributed by atoms with Crippen LogP contribution in [0.1, 0.15) is 58.3 Å². The Morgan fingerprint density at radius 2 is 2.04 bits per heavy atom. The van der Waals surface area contributed by atoms with Crippen LogP contribution in [-0.2, 0) is 14.3 Å². The zero-order valence-electron chi connectivity index (χ0n) is 13.6. The summed E-state index contributed by atoms with van der Waals surface area (Å²) in [5, 5.41) is 10.5. The number of Topliss-reactive ketones (excluding diaryl/α,β-unsaturated/α-hetero) is 2. The van der Waals surface area contributed by atoms with Gasteiger partial charge in [-0.2, -0.15) is 0 Å². The van der Waals surface area contributed by atoms with Gasteiger partial charge in [0.2, 0.25) is 0 Å². The average Bonchev–Trinajstić information content (AvgIpc) is 2.98. The number of rotatable bonds is 0. The summed E-state index contributed by atoms with van der Waals surface area (Å²) in [6, 6.07) is 0. The molecule has 2 aliphatic heterocycles. The van der Waals surface area contributed by atoms with Crippen LogP contribution in [0.4, 0.5) is 0 Å². The van der Waals surface area contributed by atoms with Crippen LogP contribution in [0, 0.1) is 17.3 Å². The van der Waals surface area contributed by atoms with Gasteiger partial charge in [-0.25, -0.2) is 0 Å². The molecule has 124 valence electrons. The number of carbonyl (C=O) groups is 2. The molecule has 6 atom stereocenters. The van der Waals surface area contributed by atoms with Gasteiger partial charge in [0.1, 0.15) is 11.4 Å². The molecule has 0 aromatic carbocycles. The molecule has 3 aliphatic carbocycles. The van der Waals surface area contributed by atoms with Crippen LogP contribution >= 0.6 is 0 Å². The van der Waals surface area contributed by atoms with E-state index in [1.54, 1.807) is 0 Å². The van der Waals surface area contributed by atoms with E-state index in [0.717, 1.165) is 37.7 Å². The molecule has 5 rings (SSSR count). The van der Waals surface area contributed by atoms with Gasteiger partial charge in [0.05, 0.1) is 17.6 Å². The highest BCUT2D eigenvalue weighted by Gasteiger charge is 2.71. The first-order valence-corrected chi connectivity index (χ1v) is 9.09. The van der Waals surface area contributed by atoms with Crippen LogP contribution in [0.15, 0.2) is 11.6 Å². The molecule has 0 radical (unpaired) electrons. The van der Waals surface area contributed by atoms with Gasteiger partial charge >= 0.3 is 0 Å². The number of allylic oxidation sites excluding steroid dienone is 1. The predicted octanol–water partition coefficient (Wildman–Crippen LogP) is 2.33. The topological polar surface area (TPSA) is 63.6 Å². The van der Waals surface area contributed by atoms with Gasteiger partial charge in [-0.3, -0.25) is 9.59 Å². The lowest BCUT2D eigenvalue weighted by molar-refractivity contribution is -0.207. The number of carbonyl (C=O) groups excluding carboxylic acids is 2. The summed E-state index contributed by atoms with van der Waals surface area (Å²) in [4.78, 5) is 25.7. The molecule has 2 bridgehead atoms. The summed E-state index contributed by atoms with van der Waals surface area (Å²) in [6.45, 7) is 2.07. The van der Waals surface area contributed by atoms with Crippen molar-refractivity contribution in [2.75, 3.05) is 0 Å². The average molecular weight is 316 g/mol. The Balaban J connectivity index is 1.68. The van der Waals surface area contributed by atoms with Crippen LogP contribution in [0.2, 0.25) is 0 Å². The van der Waals surface area contributed by atoms with E-state index < -0.39 is 17.3 Å². The van der Waals surface area contributed by atoms with Crippen LogP contribution in [0.25, 0.3) is 0 Å². The number of aliphatic hydroxyl groups is 1. The number of hydrogen-bond acceptors (Lipinski definition) is 4. The van der Waals surface area contributed by atoms with E-state index in [4.69, 9.17) is 4.74 Å². The summed E-state index contributed by atoms with van der Waals surface area (Å²) in [7, 11) is 0. The Bertz CT molecular complexity index is 652. The molecular formula is C19H24O4. The quantitative estimate of drug-likeness (QED) is 0.745.